The van der Waals surface area contributed by atoms with E-state index in [2.05, 4.69) is 68.0 Å². The summed E-state index contributed by atoms with van der Waals surface area (Å²) in [5.41, 5.74) is 3.16. The Kier molecular flexibility index (Phi) is 6.77. The maximum absolute atomic E-state index is 2.53. The van der Waals surface area contributed by atoms with Crippen LogP contribution in [0.15, 0.2) is 53.9 Å². The maximum Gasteiger partial charge on any atom is -1.00 e. The molecule has 0 saturated heterocycles. The molecule has 0 bridgehead atoms. The molecule has 1 fully saturated rings. The van der Waals surface area contributed by atoms with E-state index in [1.165, 1.54) is 18.4 Å². The second kappa shape index (κ2) is 8.22. The molecule has 0 spiro atoms. The second-order valence-electron chi connectivity index (χ2n) is 6.89. The van der Waals surface area contributed by atoms with Crippen molar-refractivity contribution < 1.29 is 28.6 Å². The van der Waals surface area contributed by atoms with Crippen LogP contribution >= 0.6 is 7.92 Å². The van der Waals surface area contributed by atoms with Crippen LogP contribution in [0.3, 0.4) is 0 Å². The molecule has 4 rings (SSSR count). The van der Waals surface area contributed by atoms with Crippen LogP contribution < -0.4 is 9.41 Å². The molecule has 0 aliphatic heterocycles. The van der Waals surface area contributed by atoms with Crippen molar-refractivity contribution in [2.45, 2.75) is 21.3 Å². The largest absolute Gasteiger partial charge is 1.00 e. The van der Waals surface area contributed by atoms with Gasteiger partial charge in [-0.25, -0.2) is 0 Å². The molecule has 126 valence electrons. The summed E-state index contributed by atoms with van der Waals surface area (Å²) in [6, 6.07) is 9.15. The van der Waals surface area contributed by atoms with Gasteiger partial charge in [0.25, 0.3) is 0 Å². The zero-order chi connectivity index (χ0) is 15.1. The molecular weight excluding hydrogens is 357 g/mol. The summed E-state index contributed by atoms with van der Waals surface area (Å²) < 4.78 is 1.79. The molecule has 4 heteroatoms. The summed E-state index contributed by atoms with van der Waals surface area (Å²) in [7, 11) is 0.0337. The zero-order valence-electron chi connectivity index (χ0n) is 14.1. The zero-order valence-corrected chi connectivity index (χ0v) is 16.6. The average Bonchev–Trinajstić information content (AvgIpc) is 3.10. The van der Waals surface area contributed by atoms with E-state index >= 15 is 0 Å². The molecule has 0 aromatic heterocycles. The van der Waals surface area contributed by atoms with Crippen LogP contribution in [0.2, 0.25) is 4.22 Å². The minimum Gasteiger partial charge on any atom is -1.00 e. The van der Waals surface area contributed by atoms with E-state index in [-0.39, 0.29) is 36.5 Å². The van der Waals surface area contributed by atoms with E-state index in [1.54, 1.807) is 10.9 Å². The summed E-state index contributed by atoms with van der Waals surface area (Å²) in [4.78, 5) is 0. The normalized spacial score (nSPS) is 29.2. The van der Waals surface area contributed by atoms with E-state index in [1.807, 2.05) is 0 Å². The van der Waals surface area contributed by atoms with Crippen LogP contribution in [0.4, 0.5) is 0 Å². The van der Waals surface area contributed by atoms with Crippen molar-refractivity contribution >= 4 is 14.0 Å². The quantitative estimate of drug-likeness (QED) is 0.506. The van der Waals surface area contributed by atoms with E-state index in [9.17, 15) is 0 Å². The second-order valence-corrected chi connectivity index (χ2v) is 11.8. The number of rotatable bonds is 3. The van der Waals surface area contributed by atoms with Crippen LogP contribution in [0.25, 0.3) is 6.08 Å². The van der Waals surface area contributed by atoms with Gasteiger partial charge in [0.2, 0.25) is 0 Å². The van der Waals surface area contributed by atoms with Crippen molar-refractivity contribution in [3.63, 3.8) is 0 Å². The van der Waals surface area contributed by atoms with Crippen LogP contribution in [-0.4, -0.2) is 13.3 Å². The fourth-order valence-electron chi connectivity index (χ4n) is 4.23. The smallest absolute Gasteiger partial charge is 1.00 e. The fraction of sp³-hybridized carbons (Fsp3) is 0.400. The van der Waals surface area contributed by atoms with Crippen molar-refractivity contribution in [2.24, 2.45) is 11.8 Å². The Labute approximate surface area is 153 Å². The van der Waals surface area contributed by atoms with Gasteiger partial charge in [0.05, 0.1) is 0 Å². The van der Waals surface area contributed by atoms with Gasteiger partial charge in [-0.15, -0.1) is 0 Å². The molecule has 0 N–H and O–H groups in total. The Morgan fingerprint density at radius 1 is 1.00 bits per heavy atom. The minimum absolute atomic E-state index is 0. The summed E-state index contributed by atoms with van der Waals surface area (Å²) in [5.74, 6) is 1.69. The van der Waals surface area contributed by atoms with Crippen LogP contribution in [0.5, 0.6) is 0 Å². The molecule has 0 heterocycles. The molecule has 1 aromatic carbocycles. The Morgan fingerprint density at radius 3 is 2.54 bits per heavy atom. The summed E-state index contributed by atoms with van der Waals surface area (Å²) >= 11 is 0.0112. The third kappa shape index (κ3) is 3.52. The first-order chi connectivity index (χ1) is 10.7. The first kappa shape index (κ1) is 19.8. The molecule has 1 saturated carbocycles. The SMILES string of the molecule is CP(C)C1=Cc2ccccc2[CH]1[Ti+2][CH]1CCC2C=CC=CC21.[F-].[F-]. The summed E-state index contributed by atoms with van der Waals surface area (Å²) in [6.45, 7) is 4.87. The topological polar surface area (TPSA) is 0 Å². The predicted octanol–water partition coefficient (Wildman–Crippen LogP) is -0.145. The Hall–Kier alpha value is -0.556. The molecule has 0 radical (unpaired) electrons. The monoisotopic (exact) mass is 380 g/mol. The van der Waals surface area contributed by atoms with Crippen molar-refractivity contribution in [1.82, 2.24) is 0 Å². The molecular formula is C20H23F2PTi. The van der Waals surface area contributed by atoms with Crippen LogP contribution in [0, 0.1) is 11.8 Å². The average molecular weight is 380 g/mol. The van der Waals surface area contributed by atoms with Gasteiger partial charge in [-0.2, -0.15) is 0 Å². The Morgan fingerprint density at radius 2 is 1.75 bits per heavy atom. The molecule has 3 aliphatic rings. The van der Waals surface area contributed by atoms with Crippen LogP contribution in [0.1, 0.15) is 28.2 Å². The molecule has 1 aromatic rings. The molecule has 0 nitrogen and oxygen atoms in total. The van der Waals surface area contributed by atoms with Gasteiger partial charge in [-0.3, -0.25) is 0 Å². The van der Waals surface area contributed by atoms with Crippen molar-refractivity contribution in [3.8, 4) is 0 Å². The number of hydrogen-bond acceptors (Lipinski definition) is 0. The predicted molar refractivity (Wildman–Crippen MR) is 94.2 cm³/mol. The number of halogens is 2. The first-order valence-electron chi connectivity index (χ1n) is 8.33. The molecule has 0 amide bonds. The van der Waals surface area contributed by atoms with Gasteiger partial charge < -0.3 is 9.41 Å². The standard InChI is InChI=1S/C11H12P.C9H11.2FH.Ti/c1-12(2)11-7-9-5-3-4-6-10(9)8-11;1-2-5-9-7-3-6-8(9)4-1;;;/h3-8H,1-2H3;1-2,4-6,8-9H,3,7H2;2*1H;/q;;;;+2/p-2. The third-order valence-electron chi connectivity index (χ3n) is 5.38. The van der Waals surface area contributed by atoms with Gasteiger partial charge in [0.1, 0.15) is 0 Å². The van der Waals surface area contributed by atoms with E-state index in [0.717, 1.165) is 20.3 Å². The molecule has 3 aliphatic carbocycles. The van der Waals surface area contributed by atoms with Gasteiger partial charge in [0, 0.05) is 0 Å². The van der Waals surface area contributed by atoms with Gasteiger partial charge >= 0.3 is 145 Å². The van der Waals surface area contributed by atoms with Gasteiger partial charge in [-0.1, -0.05) is 0 Å². The number of benzene rings is 1. The summed E-state index contributed by atoms with van der Waals surface area (Å²) in [6.07, 6.45) is 14.9. The van der Waals surface area contributed by atoms with Gasteiger partial charge in [0.15, 0.2) is 0 Å². The maximum atomic E-state index is 2.53. The van der Waals surface area contributed by atoms with Crippen LogP contribution in [-0.2, 0) is 19.2 Å². The van der Waals surface area contributed by atoms with E-state index in [4.69, 9.17) is 0 Å². The van der Waals surface area contributed by atoms with Crippen molar-refractivity contribution in [1.29, 1.82) is 0 Å². The number of hydrogen-bond donors (Lipinski definition) is 0. The van der Waals surface area contributed by atoms with Crippen molar-refractivity contribution in [2.75, 3.05) is 13.3 Å². The van der Waals surface area contributed by atoms with E-state index < -0.39 is 0 Å². The first-order valence-corrected chi connectivity index (χ1v) is 12.4. The van der Waals surface area contributed by atoms with Gasteiger partial charge in [-0.05, 0) is 0 Å². The Balaban J connectivity index is 0.00000104. The Bertz CT molecular complexity index is 665. The fourth-order valence-corrected chi connectivity index (χ4v) is 9.99. The number of allylic oxidation sites excluding steroid dienone is 5. The number of fused-ring (bicyclic) bond motifs is 2. The third-order valence-corrected chi connectivity index (χ3v) is 10.4. The molecule has 24 heavy (non-hydrogen) atoms. The minimum atomic E-state index is 0. The molecule has 4 unspecified atom stereocenters. The summed E-state index contributed by atoms with van der Waals surface area (Å²) in [5, 5.41) is 1.77. The molecule has 4 atom stereocenters. The van der Waals surface area contributed by atoms with E-state index in [0.29, 0.717) is 0 Å². The van der Waals surface area contributed by atoms with Crippen molar-refractivity contribution in [3.05, 3.63) is 65.0 Å².